The van der Waals surface area contributed by atoms with Crippen LogP contribution in [-0.2, 0) is 13.6 Å². The van der Waals surface area contributed by atoms with E-state index in [4.69, 9.17) is 4.74 Å². The van der Waals surface area contributed by atoms with Gasteiger partial charge in [-0.1, -0.05) is 6.07 Å². The molecule has 0 atom stereocenters. The fourth-order valence-electron chi connectivity index (χ4n) is 1.38. The summed E-state index contributed by atoms with van der Waals surface area (Å²) in [7, 11) is 1.90. The number of hydrogen-bond acceptors (Lipinski definition) is 5. The summed E-state index contributed by atoms with van der Waals surface area (Å²) in [4.78, 5) is 4.30. The lowest BCUT2D eigenvalue weighted by atomic mass is 10.4. The van der Waals surface area contributed by atoms with Crippen LogP contribution in [0.3, 0.4) is 0 Å². The van der Waals surface area contributed by atoms with Gasteiger partial charge in [0.2, 0.25) is 5.88 Å². The maximum Gasteiger partial charge on any atom is 0.215 e. The van der Waals surface area contributed by atoms with Crippen LogP contribution in [-0.4, -0.2) is 26.4 Å². The van der Waals surface area contributed by atoms with Crippen LogP contribution in [0.2, 0.25) is 0 Å². The van der Waals surface area contributed by atoms with Gasteiger partial charge in [-0.25, -0.2) is 0 Å². The first-order valence-electron chi connectivity index (χ1n) is 5.46. The fraction of sp³-hybridized carbons (Fsp3) is 0.364. The van der Waals surface area contributed by atoms with E-state index in [0.717, 1.165) is 11.6 Å². The van der Waals surface area contributed by atoms with E-state index in [9.17, 15) is 0 Å². The van der Waals surface area contributed by atoms with Gasteiger partial charge < -0.3 is 14.6 Å². The minimum atomic E-state index is 0.582. The van der Waals surface area contributed by atoms with E-state index >= 15 is 0 Å². The minimum Gasteiger partial charge on any atom is -0.478 e. The average Bonchev–Trinajstić information content (AvgIpc) is 2.73. The second-order valence-electron chi connectivity index (χ2n) is 3.51. The van der Waals surface area contributed by atoms with Crippen molar-refractivity contribution in [2.24, 2.45) is 7.05 Å². The second kappa shape index (κ2) is 5.29. The van der Waals surface area contributed by atoms with Crippen LogP contribution < -0.4 is 10.1 Å². The molecule has 0 aromatic carbocycles. The molecule has 2 heterocycles. The molecular weight excluding hydrogens is 218 g/mol. The lowest BCUT2D eigenvalue weighted by Gasteiger charge is -2.07. The van der Waals surface area contributed by atoms with Crippen LogP contribution in [0.4, 0.5) is 5.82 Å². The first-order chi connectivity index (χ1) is 8.29. The Kier molecular flexibility index (Phi) is 3.54. The van der Waals surface area contributed by atoms with Gasteiger partial charge >= 0.3 is 0 Å². The number of aryl methyl sites for hydroxylation is 1. The van der Waals surface area contributed by atoms with Crippen LogP contribution in [0, 0.1) is 0 Å². The third-order valence-electron chi connectivity index (χ3n) is 2.25. The molecule has 0 aliphatic rings. The fourth-order valence-corrected chi connectivity index (χ4v) is 1.38. The van der Waals surface area contributed by atoms with Crippen molar-refractivity contribution >= 4 is 5.82 Å². The highest BCUT2D eigenvalue weighted by molar-refractivity contribution is 5.37. The maximum absolute atomic E-state index is 5.32. The molecule has 0 fully saturated rings. The SMILES string of the molecule is CCOc1cccc(NCc2nncn2C)n1. The molecule has 0 saturated heterocycles. The number of anilines is 1. The van der Waals surface area contributed by atoms with Crippen LogP contribution in [0.15, 0.2) is 24.5 Å². The number of nitrogens with zero attached hydrogens (tertiary/aromatic N) is 4. The Bertz CT molecular complexity index is 482. The maximum atomic E-state index is 5.32. The second-order valence-corrected chi connectivity index (χ2v) is 3.51. The van der Waals surface area contributed by atoms with Crippen LogP contribution in [0.25, 0.3) is 0 Å². The van der Waals surface area contributed by atoms with E-state index < -0.39 is 0 Å². The van der Waals surface area contributed by atoms with Gasteiger partial charge in [-0.05, 0) is 13.0 Å². The van der Waals surface area contributed by atoms with Crippen molar-refractivity contribution in [3.8, 4) is 5.88 Å². The molecule has 6 nitrogen and oxygen atoms in total. The zero-order chi connectivity index (χ0) is 12.1. The number of pyridine rings is 1. The largest absolute Gasteiger partial charge is 0.478 e. The van der Waals surface area contributed by atoms with Crippen LogP contribution in [0.5, 0.6) is 5.88 Å². The summed E-state index contributed by atoms with van der Waals surface area (Å²) in [5.74, 6) is 2.24. The Hall–Kier alpha value is -2.11. The van der Waals surface area contributed by atoms with Gasteiger partial charge in [0.05, 0.1) is 13.2 Å². The molecule has 0 aliphatic heterocycles. The Balaban J connectivity index is 1.99. The van der Waals surface area contributed by atoms with Crippen LogP contribution >= 0.6 is 0 Å². The van der Waals surface area contributed by atoms with E-state index in [0.29, 0.717) is 19.0 Å². The van der Waals surface area contributed by atoms with Crippen molar-refractivity contribution in [1.29, 1.82) is 0 Å². The summed E-state index contributed by atoms with van der Waals surface area (Å²) in [5.41, 5.74) is 0. The molecule has 0 amide bonds. The first-order valence-corrected chi connectivity index (χ1v) is 5.46. The van der Waals surface area contributed by atoms with Gasteiger partial charge in [0.1, 0.15) is 12.1 Å². The van der Waals surface area contributed by atoms with Gasteiger partial charge in [-0.15, -0.1) is 10.2 Å². The lowest BCUT2D eigenvalue weighted by Crippen LogP contribution is -2.07. The third kappa shape index (κ3) is 2.93. The number of ether oxygens (including phenoxy) is 1. The van der Waals surface area contributed by atoms with Crippen molar-refractivity contribution in [3.63, 3.8) is 0 Å². The van der Waals surface area contributed by atoms with Gasteiger partial charge in [0.25, 0.3) is 0 Å². The normalized spacial score (nSPS) is 10.2. The number of nitrogens with one attached hydrogen (secondary N) is 1. The van der Waals surface area contributed by atoms with Gasteiger partial charge in [-0.3, -0.25) is 0 Å². The third-order valence-corrected chi connectivity index (χ3v) is 2.25. The molecule has 0 saturated carbocycles. The quantitative estimate of drug-likeness (QED) is 0.841. The monoisotopic (exact) mass is 233 g/mol. The number of aromatic nitrogens is 4. The highest BCUT2D eigenvalue weighted by atomic mass is 16.5. The molecule has 0 spiro atoms. The molecule has 1 N–H and O–H groups in total. The molecule has 90 valence electrons. The molecule has 2 aromatic heterocycles. The summed E-state index contributed by atoms with van der Waals surface area (Å²) < 4.78 is 7.18. The summed E-state index contributed by atoms with van der Waals surface area (Å²) in [6.07, 6.45) is 1.67. The highest BCUT2D eigenvalue weighted by Crippen LogP contribution is 2.11. The first kappa shape index (κ1) is 11.4. The van der Waals surface area contributed by atoms with E-state index in [1.807, 2.05) is 36.7 Å². The summed E-state index contributed by atoms with van der Waals surface area (Å²) in [6, 6.07) is 5.62. The minimum absolute atomic E-state index is 0.582. The molecular formula is C11H15N5O. The molecule has 17 heavy (non-hydrogen) atoms. The standard InChI is InChI=1S/C11H15N5O/c1-3-17-11-6-4-5-9(14-11)12-7-10-15-13-8-16(10)2/h4-6,8H,3,7H2,1-2H3,(H,12,14). The molecule has 0 aliphatic carbocycles. The Labute approximate surface area is 99.7 Å². The summed E-state index contributed by atoms with van der Waals surface area (Å²) in [5, 5.41) is 11.0. The van der Waals surface area contributed by atoms with E-state index in [1.54, 1.807) is 6.33 Å². The number of hydrogen-bond donors (Lipinski definition) is 1. The summed E-state index contributed by atoms with van der Waals surface area (Å²) >= 11 is 0. The van der Waals surface area contributed by atoms with Crippen molar-refractivity contribution in [2.45, 2.75) is 13.5 Å². The smallest absolute Gasteiger partial charge is 0.215 e. The molecule has 0 radical (unpaired) electrons. The molecule has 0 unspecified atom stereocenters. The Morgan fingerprint density at radius 3 is 3.00 bits per heavy atom. The molecule has 6 heteroatoms. The molecule has 2 rings (SSSR count). The van der Waals surface area contributed by atoms with E-state index in [-0.39, 0.29) is 0 Å². The van der Waals surface area contributed by atoms with Crippen LogP contribution in [0.1, 0.15) is 12.7 Å². The average molecular weight is 233 g/mol. The summed E-state index contributed by atoms with van der Waals surface area (Å²) in [6.45, 7) is 3.13. The van der Waals surface area contributed by atoms with Crippen molar-refractivity contribution in [1.82, 2.24) is 19.7 Å². The predicted molar refractivity (Wildman–Crippen MR) is 63.7 cm³/mol. The number of rotatable bonds is 5. The molecule has 0 bridgehead atoms. The molecule has 2 aromatic rings. The van der Waals surface area contributed by atoms with Crippen molar-refractivity contribution < 1.29 is 4.74 Å². The Morgan fingerprint density at radius 1 is 1.41 bits per heavy atom. The topological polar surface area (TPSA) is 64.9 Å². The Morgan fingerprint density at radius 2 is 2.29 bits per heavy atom. The van der Waals surface area contributed by atoms with E-state index in [2.05, 4.69) is 20.5 Å². The highest BCUT2D eigenvalue weighted by Gasteiger charge is 2.01. The van der Waals surface area contributed by atoms with E-state index in [1.165, 1.54) is 0 Å². The van der Waals surface area contributed by atoms with Gasteiger partial charge in [0, 0.05) is 13.1 Å². The lowest BCUT2D eigenvalue weighted by molar-refractivity contribution is 0.327. The van der Waals surface area contributed by atoms with Gasteiger partial charge in [0.15, 0.2) is 5.82 Å². The van der Waals surface area contributed by atoms with Crippen molar-refractivity contribution in [3.05, 3.63) is 30.4 Å². The van der Waals surface area contributed by atoms with Gasteiger partial charge in [-0.2, -0.15) is 4.98 Å². The predicted octanol–water partition coefficient (Wildman–Crippen LogP) is 1.22. The zero-order valence-electron chi connectivity index (χ0n) is 9.92. The van der Waals surface area contributed by atoms with Crippen molar-refractivity contribution in [2.75, 3.05) is 11.9 Å². The zero-order valence-corrected chi connectivity index (χ0v) is 9.92.